The Balaban J connectivity index is 4.00. The molecule has 0 aromatic heterocycles. The zero-order valence-electron chi connectivity index (χ0n) is 7.01. The summed E-state index contributed by atoms with van der Waals surface area (Å²) in [6.07, 6.45) is 3.39. The maximum atomic E-state index is 7.01. The highest BCUT2D eigenvalue weighted by atomic mass is 16.5. The van der Waals surface area contributed by atoms with Gasteiger partial charge in [-0.05, 0) is 6.92 Å². The SMILES string of the molecule is C/C=C(\C=N/C(=N)OC)NC. The lowest BCUT2D eigenvalue weighted by atomic mass is 10.4. The lowest BCUT2D eigenvalue weighted by Gasteiger charge is -1.97. The quantitative estimate of drug-likeness (QED) is 0.457. The average Bonchev–Trinajstić information content (AvgIpc) is 2.06. The normalized spacial score (nSPS) is 11.7. The summed E-state index contributed by atoms with van der Waals surface area (Å²) in [6.45, 7) is 1.88. The first kappa shape index (κ1) is 9.68. The third kappa shape index (κ3) is 4.13. The largest absolute Gasteiger partial charge is 0.467 e. The standard InChI is InChI=1S/C7H13N3O/c1-4-6(9-2)5-10-7(8)11-3/h4-5,8-9H,1-3H3/b6-4+,8-7?,10-5-. The van der Waals surface area contributed by atoms with Crippen LogP contribution in [0.2, 0.25) is 0 Å². The van der Waals surface area contributed by atoms with E-state index in [9.17, 15) is 0 Å². The third-order valence-corrected chi connectivity index (χ3v) is 1.11. The van der Waals surface area contributed by atoms with E-state index < -0.39 is 0 Å². The summed E-state index contributed by atoms with van der Waals surface area (Å²) in [7, 11) is 3.20. The number of hydrogen-bond acceptors (Lipinski definition) is 3. The molecule has 0 radical (unpaired) electrons. The molecule has 2 N–H and O–H groups in total. The molecule has 4 nitrogen and oxygen atoms in total. The minimum Gasteiger partial charge on any atom is -0.467 e. The van der Waals surface area contributed by atoms with E-state index >= 15 is 0 Å². The Morgan fingerprint density at radius 2 is 2.27 bits per heavy atom. The van der Waals surface area contributed by atoms with Crippen molar-refractivity contribution in [3.05, 3.63) is 11.8 Å². The van der Waals surface area contributed by atoms with Crippen LogP contribution in [0.5, 0.6) is 0 Å². The third-order valence-electron chi connectivity index (χ3n) is 1.11. The van der Waals surface area contributed by atoms with Gasteiger partial charge in [0, 0.05) is 12.7 Å². The molecule has 0 rings (SSSR count). The second-order valence-corrected chi connectivity index (χ2v) is 1.76. The Hall–Kier alpha value is -1.32. The van der Waals surface area contributed by atoms with E-state index in [-0.39, 0.29) is 6.02 Å². The molecule has 11 heavy (non-hydrogen) atoms. The van der Waals surface area contributed by atoms with Crippen molar-refractivity contribution in [2.24, 2.45) is 4.99 Å². The molecule has 0 fully saturated rings. The lowest BCUT2D eigenvalue weighted by molar-refractivity contribution is 0.393. The first-order chi connectivity index (χ1) is 5.24. The fourth-order valence-electron chi connectivity index (χ4n) is 0.464. The number of methoxy groups -OCH3 is 1. The lowest BCUT2D eigenvalue weighted by Crippen LogP contribution is -2.07. The van der Waals surface area contributed by atoms with E-state index in [1.165, 1.54) is 13.3 Å². The predicted octanol–water partition coefficient (Wildman–Crippen LogP) is 0.762. The molecule has 0 heterocycles. The summed E-state index contributed by atoms with van der Waals surface area (Å²) < 4.78 is 4.52. The Kier molecular flexibility index (Phi) is 4.81. The van der Waals surface area contributed by atoms with E-state index in [2.05, 4.69) is 15.0 Å². The molecule has 4 heteroatoms. The number of rotatable bonds is 2. The molecule has 0 aromatic carbocycles. The summed E-state index contributed by atoms with van der Waals surface area (Å²) >= 11 is 0. The summed E-state index contributed by atoms with van der Waals surface area (Å²) in [5.41, 5.74) is 0.854. The summed E-state index contributed by atoms with van der Waals surface area (Å²) in [5, 5.41) is 9.90. The Bertz CT molecular complexity index is 184. The zero-order valence-corrected chi connectivity index (χ0v) is 7.01. The van der Waals surface area contributed by atoms with Crippen molar-refractivity contribution in [2.75, 3.05) is 14.2 Å². The number of ether oxygens (including phenoxy) is 1. The molecule has 0 aliphatic rings. The van der Waals surface area contributed by atoms with Gasteiger partial charge in [0.1, 0.15) is 0 Å². The Morgan fingerprint density at radius 3 is 2.64 bits per heavy atom. The first-order valence-electron chi connectivity index (χ1n) is 3.25. The van der Waals surface area contributed by atoms with Crippen LogP contribution in [0.4, 0.5) is 0 Å². The van der Waals surface area contributed by atoms with Gasteiger partial charge >= 0.3 is 6.02 Å². The molecular formula is C7H13N3O. The molecule has 0 saturated heterocycles. The summed E-state index contributed by atoms with van der Waals surface area (Å²) in [5.74, 6) is 0. The van der Waals surface area contributed by atoms with E-state index in [1.54, 1.807) is 7.05 Å². The zero-order chi connectivity index (χ0) is 8.69. The van der Waals surface area contributed by atoms with Crippen LogP contribution in [-0.2, 0) is 4.74 Å². The molecule has 0 unspecified atom stereocenters. The Labute approximate surface area is 66.5 Å². The van der Waals surface area contributed by atoms with Crippen molar-refractivity contribution in [3.63, 3.8) is 0 Å². The van der Waals surface area contributed by atoms with Crippen LogP contribution in [0.3, 0.4) is 0 Å². The van der Waals surface area contributed by atoms with Crippen LogP contribution in [0.1, 0.15) is 6.92 Å². The number of allylic oxidation sites excluding steroid dienone is 2. The van der Waals surface area contributed by atoms with E-state index in [4.69, 9.17) is 5.41 Å². The van der Waals surface area contributed by atoms with E-state index in [0.717, 1.165) is 5.70 Å². The van der Waals surface area contributed by atoms with Gasteiger partial charge in [-0.2, -0.15) is 0 Å². The van der Waals surface area contributed by atoms with Crippen molar-refractivity contribution in [1.82, 2.24) is 5.32 Å². The van der Waals surface area contributed by atoms with Crippen molar-refractivity contribution >= 4 is 12.2 Å². The molecule has 0 aromatic rings. The second kappa shape index (κ2) is 5.46. The molecule has 0 saturated carbocycles. The minimum absolute atomic E-state index is 0.0976. The van der Waals surface area contributed by atoms with Gasteiger partial charge in [-0.25, -0.2) is 10.4 Å². The van der Waals surface area contributed by atoms with Crippen LogP contribution in [0, 0.1) is 5.41 Å². The summed E-state index contributed by atoms with van der Waals surface area (Å²) in [6, 6.07) is -0.0976. The van der Waals surface area contributed by atoms with Gasteiger partial charge in [0.05, 0.1) is 13.3 Å². The van der Waals surface area contributed by atoms with Crippen LogP contribution in [-0.4, -0.2) is 26.4 Å². The number of hydrogen-bond donors (Lipinski definition) is 2. The average molecular weight is 155 g/mol. The maximum absolute atomic E-state index is 7.01. The van der Waals surface area contributed by atoms with Gasteiger partial charge in [0.15, 0.2) is 0 Å². The second-order valence-electron chi connectivity index (χ2n) is 1.76. The number of nitrogens with zero attached hydrogens (tertiary/aromatic N) is 1. The van der Waals surface area contributed by atoms with Crippen LogP contribution in [0.25, 0.3) is 0 Å². The molecular weight excluding hydrogens is 142 g/mol. The Morgan fingerprint density at radius 1 is 1.64 bits per heavy atom. The molecule has 0 spiro atoms. The molecule has 0 amide bonds. The van der Waals surface area contributed by atoms with Gasteiger partial charge < -0.3 is 10.1 Å². The van der Waals surface area contributed by atoms with E-state index in [0.29, 0.717) is 0 Å². The van der Waals surface area contributed by atoms with Crippen LogP contribution < -0.4 is 5.32 Å². The maximum Gasteiger partial charge on any atom is 0.308 e. The van der Waals surface area contributed by atoms with Gasteiger partial charge in [-0.15, -0.1) is 0 Å². The molecule has 62 valence electrons. The van der Waals surface area contributed by atoms with Crippen molar-refractivity contribution < 1.29 is 4.74 Å². The summed E-state index contributed by atoms with van der Waals surface area (Å²) in [4.78, 5) is 3.69. The number of nitrogens with one attached hydrogen (secondary N) is 2. The fourth-order valence-corrected chi connectivity index (χ4v) is 0.464. The fraction of sp³-hybridized carbons (Fsp3) is 0.429. The van der Waals surface area contributed by atoms with Gasteiger partial charge in [-0.3, -0.25) is 0 Å². The van der Waals surface area contributed by atoms with Gasteiger partial charge in [-0.1, -0.05) is 6.08 Å². The topological polar surface area (TPSA) is 57.5 Å². The molecule has 0 aliphatic heterocycles. The van der Waals surface area contributed by atoms with Crippen molar-refractivity contribution in [3.8, 4) is 0 Å². The highest BCUT2D eigenvalue weighted by molar-refractivity contribution is 5.88. The smallest absolute Gasteiger partial charge is 0.308 e. The van der Waals surface area contributed by atoms with Crippen molar-refractivity contribution in [1.29, 1.82) is 5.41 Å². The highest BCUT2D eigenvalue weighted by Gasteiger charge is 1.87. The van der Waals surface area contributed by atoms with Gasteiger partial charge in [0.2, 0.25) is 0 Å². The molecule has 0 aliphatic carbocycles. The van der Waals surface area contributed by atoms with Gasteiger partial charge in [0.25, 0.3) is 0 Å². The first-order valence-corrected chi connectivity index (χ1v) is 3.25. The predicted molar refractivity (Wildman–Crippen MR) is 46.0 cm³/mol. The van der Waals surface area contributed by atoms with Crippen molar-refractivity contribution in [2.45, 2.75) is 6.92 Å². The highest BCUT2D eigenvalue weighted by Crippen LogP contribution is 1.83. The number of aliphatic imine (C=N–C) groups is 1. The van der Waals surface area contributed by atoms with Crippen LogP contribution in [0.15, 0.2) is 16.8 Å². The molecule has 0 bridgehead atoms. The monoisotopic (exact) mass is 155 g/mol. The minimum atomic E-state index is -0.0976. The molecule has 0 atom stereocenters. The number of amidine groups is 1. The van der Waals surface area contributed by atoms with E-state index in [1.807, 2.05) is 13.0 Å². The van der Waals surface area contributed by atoms with Crippen LogP contribution >= 0.6 is 0 Å².